The topological polar surface area (TPSA) is 41.1 Å². The Balaban J connectivity index is 1.37. The van der Waals surface area contributed by atoms with Crippen molar-refractivity contribution in [1.82, 2.24) is 5.32 Å². The molecular weight excluding hydrogens is 370 g/mol. The van der Waals surface area contributed by atoms with Gasteiger partial charge in [0.1, 0.15) is 0 Å². The number of anilines is 1. The van der Waals surface area contributed by atoms with Crippen LogP contribution in [0.15, 0.2) is 54.7 Å². The molecule has 1 amide bonds. The smallest absolute Gasteiger partial charge is 0.251 e. The lowest BCUT2D eigenvalue weighted by molar-refractivity contribution is 0.0856. The molecule has 29 heavy (non-hydrogen) atoms. The van der Waals surface area contributed by atoms with Crippen LogP contribution in [0.3, 0.4) is 0 Å². The fourth-order valence-electron chi connectivity index (χ4n) is 4.93. The van der Waals surface area contributed by atoms with Crippen molar-refractivity contribution in [3.8, 4) is 0 Å². The number of fused-ring (bicyclic) bond motifs is 1. The molecule has 2 bridgehead atoms. The van der Waals surface area contributed by atoms with E-state index in [1.165, 1.54) is 11.6 Å². The van der Waals surface area contributed by atoms with Gasteiger partial charge < -0.3 is 10.6 Å². The molecule has 0 heterocycles. The summed E-state index contributed by atoms with van der Waals surface area (Å²) < 4.78 is 26.5. The number of carbonyl (C=O) groups is 1. The number of hydrogen-bond donors (Lipinski definition) is 2. The predicted octanol–water partition coefficient (Wildman–Crippen LogP) is 5.43. The molecule has 2 aromatic rings. The van der Waals surface area contributed by atoms with E-state index < -0.39 is 11.6 Å². The Labute approximate surface area is 170 Å². The van der Waals surface area contributed by atoms with Crippen LogP contribution in [0.2, 0.25) is 0 Å². The van der Waals surface area contributed by atoms with Crippen molar-refractivity contribution in [3.63, 3.8) is 0 Å². The highest BCUT2D eigenvalue weighted by molar-refractivity contribution is 5.94. The third kappa shape index (κ3) is 3.66. The van der Waals surface area contributed by atoms with Gasteiger partial charge in [-0.2, -0.15) is 0 Å². The molecule has 0 spiro atoms. The Morgan fingerprint density at radius 1 is 1.10 bits per heavy atom. The number of benzene rings is 2. The van der Waals surface area contributed by atoms with Gasteiger partial charge in [0.15, 0.2) is 11.6 Å². The Kier molecular flexibility index (Phi) is 4.93. The largest absolute Gasteiger partial charge is 0.359 e. The van der Waals surface area contributed by atoms with Gasteiger partial charge in [0.2, 0.25) is 0 Å². The molecule has 3 aliphatic carbocycles. The van der Waals surface area contributed by atoms with E-state index in [1.807, 2.05) is 12.1 Å². The zero-order chi connectivity index (χ0) is 20.8. The molecule has 5 rings (SSSR count). The maximum Gasteiger partial charge on any atom is 0.251 e. The van der Waals surface area contributed by atoms with Crippen molar-refractivity contribution in [1.29, 1.82) is 0 Å². The summed E-state index contributed by atoms with van der Waals surface area (Å²) in [6, 6.07) is 11.6. The first-order valence-corrected chi connectivity index (χ1v) is 10.1. The van der Waals surface area contributed by atoms with E-state index in [0.717, 1.165) is 42.8 Å². The van der Waals surface area contributed by atoms with E-state index >= 15 is 0 Å². The van der Waals surface area contributed by atoms with E-state index in [4.69, 9.17) is 0 Å². The lowest BCUT2D eigenvalue weighted by atomic mass is 9.62. The molecule has 2 aromatic carbocycles. The summed E-state index contributed by atoms with van der Waals surface area (Å²) in [6.07, 6.45) is 2.97. The maximum atomic E-state index is 13.4. The number of halogens is 2. The minimum absolute atomic E-state index is 0.0604. The molecule has 152 valence electrons. The summed E-state index contributed by atoms with van der Waals surface area (Å²) in [6.45, 7) is 8.51. The van der Waals surface area contributed by atoms with Gasteiger partial charge in [-0.15, -0.1) is 0 Å². The first-order chi connectivity index (χ1) is 13.8. The van der Waals surface area contributed by atoms with Gasteiger partial charge in [-0.05, 0) is 67.9 Å². The zero-order valence-corrected chi connectivity index (χ0v) is 16.8. The van der Waals surface area contributed by atoms with Crippen LogP contribution in [0.5, 0.6) is 0 Å². The Morgan fingerprint density at radius 2 is 1.79 bits per heavy atom. The fourth-order valence-corrected chi connectivity index (χ4v) is 4.93. The number of nitrogens with one attached hydrogen (secondary N) is 2. The van der Waals surface area contributed by atoms with E-state index in [1.54, 1.807) is 0 Å². The molecule has 3 aliphatic rings. The van der Waals surface area contributed by atoms with Crippen LogP contribution in [0.25, 0.3) is 0 Å². The number of amides is 1. The summed E-state index contributed by atoms with van der Waals surface area (Å²) >= 11 is 0. The summed E-state index contributed by atoms with van der Waals surface area (Å²) in [5.41, 5.74) is 3.51. The molecule has 0 aromatic heterocycles. The molecule has 0 unspecified atom stereocenters. The van der Waals surface area contributed by atoms with Crippen LogP contribution >= 0.6 is 0 Å². The minimum Gasteiger partial charge on any atom is -0.359 e. The van der Waals surface area contributed by atoms with Gasteiger partial charge in [0.25, 0.3) is 5.91 Å². The van der Waals surface area contributed by atoms with Gasteiger partial charge in [0, 0.05) is 28.9 Å². The van der Waals surface area contributed by atoms with Crippen molar-refractivity contribution < 1.29 is 13.6 Å². The van der Waals surface area contributed by atoms with Gasteiger partial charge in [-0.3, -0.25) is 4.79 Å². The predicted molar refractivity (Wildman–Crippen MR) is 110 cm³/mol. The Morgan fingerprint density at radius 3 is 2.45 bits per heavy atom. The van der Waals surface area contributed by atoms with Gasteiger partial charge in [-0.1, -0.05) is 31.2 Å². The third-order valence-corrected chi connectivity index (χ3v) is 6.83. The van der Waals surface area contributed by atoms with Gasteiger partial charge >= 0.3 is 0 Å². The summed E-state index contributed by atoms with van der Waals surface area (Å²) in [4.78, 5) is 12.5. The van der Waals surface area contributed by atoms with Crippen LogP contribution in [0.1, 0.15) is 42.1 Å². The normalized spacial score (nSPS) is 25.8. The maximum absolute atomic E-state index is 13.4. The quantitative estimate of drug-likeness (QED) is 0.683. The molecule has 3 fully saturated rings. The standard InChI is InChI=1S/C24H26F2N2O/c1-14-4-7-19(8-5-14)27-16(3)15(2)24-11-18(12-24)22(13-24)28-23(29)17-6-9-20(25)21(26)10-17/h4-10,15,18,22,27H,3,11-13H2,1-2H3,(H,28,29)/t15-,18?,22-,24?/m0/s1. The van der Waals surface area contributed by atoms with E-state index in [-0.39, 0.29) is 28.8 Å². The molecule has 0 aliphatic heterocycles. The number of allylic oxidation sites excluding steroid dienone is 1. The minimum atomic E-state index is -1.00. The Hall–Kier alpha value is -2.69. The average Bonchev–Trinajstić information content (AvgIpc) is 3.20. The Bertz CT molecular complexity index is 948. The molecule has 3 nitrogen and oxygen atoms in total. The summed E-state index contributed by atoms with van der Waals surface area (Å²) in [7, 11) is 0. The van der Waals surface area contributed by atoms with E-state index in [9.17, 15) is 13.6 Å². The highest BCUT2D eigenvalue weighted by atomic mass is 19.2. The third-order valence-electron chi connectivity index (χ3n) is 6.83. The molecule has 2 atom stereocenters. The summed E-state index contributed by atoms with van der Waals surface area (Å²) in [5, 5.41) is 6.46. The monoisotopic (exact) mass is 396 g/mol. The molecule has 0 radical (unpaired) electrons. The lowest BCUT2D eigenvalue weighted by Crippen LogP contribution is -2.39. The molecular formula is C24H26F2N2O. The SMILES string of the molecule is C=C(Nc1ccc(C)cc1)[C@H](C)C12CC(C1)[C@@H](NC(=O)c1ccc(F)c(F)c1)C2. The molecule has 2 N–H and O–H groups in total. The molecule has 3 saturated carbocycles. The van der Waals surface area contributed by atoms with Crippen LogP contribution in [0.4, 0.5) is 14.5 Å². The van der Waals surface area contributed by atoms with Crippen LogP contribution < -0.4 is 10.6 Å². The average molecular weight is 396 g/mol. The van der Waals surface area contributed by atoms with E-state index in [2.05, 4.69) is 43.2 Å². The van der Waals surface area contributed by atoms with Gasteiger partial charge in [0.05, 0.1) is 0 Å². The second-order valence-electron chi connectivity index (χ2n) is 8.68. The molecule has 5 heteroatoms. The first kappa shape index (κ1) is 19.6. The number of rotatable bonds is 6. The highest BCUT2D eigenvalue weighted by Crippen LogP contribution is 2.63. The summed E-state index contributed by atoms with van der Waals surface area (Å²) in [5.74, 6) is -1.60. The zero-order valence-electron chi connectivity index (χ0n) is 16.8. The van der Waals surface area contributed by atoms with Crippen LogP contribution in [-0.2, 0) is 0 Å². The van der Waals surface area contributed by atoms with Crippen molar-refractivity contribution in [3.05, 3.63) is 77.5 Å². The van der Waals surface area contributed by atoms with Gasteiger partial charge in [-0.25, -0.2) is 8.78 Å². The lowest BCUT2D eigenvalue weighted by Gasteiger charge is -2.44. The second-order valence-corrected chi connectivity index (χ2v) is 8.68. The fraction of sp³-hybridized carbons (Fsp3) is 0.375. The van der Waals surface area contributed by atoms with Crippen LogP contribution in [-0.4, -0.2) is 11.9 Å². The van der Waals surface area contributed by atoms with E-state index in [0.29, 0.717) is 5.92 Å². The highest BCUT2D eigenvalue weighted by Gasteiger charge is 2.59. The van der Waals surface area contributed by atoms with Crippen molar-refractivity contribution >= 4 is 11.6 Å². The van der Waals surface area contributed by atoms with Crippen molar-refractivity contribution in [2.24, 2.45) is 17.3 Å². The second kappa shape index (κ2) is 7.29. The number of carbonyl (C=O) groups excluding carboxylic acids is 1. The van der Waals surface area contributed by atoms with Crippen molar-refractivity contribution in [2.45, 2.75) is 39.2 Å². The number of hydrogen-bond acceptors (Lipinski definition) is 2. The number of aryl methyl sites for hydroxylation is 1. The molecule has 0 saturated heterocycles. The first-order valence-electron chi connectivity index (χ1n) is 10.1. The van der Waals surface area contributed by atoms with Crippen LogP contribution in [0, 0.1) is 35.8 Å². The van der Waals surface area contributed by atoms with Crippen molar-refractivity contribution in [2.75, 3.05) is 5.32 Å².